The molecule has 2 aromatic rings. The van der Waals surface area contributed by atoms with Crippen molar-refractivity contribution in [1.29, 1.82) is 4.78 Å². The van der Waals surface area contributed by atoms with Crippen LogP contribution in [0.2, 0.25) is 10.0 Å². The first-order valence-corrected chi connectivity index (χ1v) is 12.0. The molecule has 5 nitrogen and oxygen atoms in total. The van der Waals surface area contributed by atoms with Gasteiger partial charge in [0, 0.05) is 31.1 Å². The van der Waals surface area contributed by atoms with Crippen molar-refractivity contribution in [2.45, 2.75) is 25.1 Å². The molecule has 0 aliphatic rings. The largest absolute Gasteiger partial charge is 0.480 e. The molecular formula is C21H21Cl2F3N2O3S. The molecule has 0 saturated carbocycles. The maximum Gasteiger partial charge on any atom is 0.393 e. The molecule has 2 rings (SSSR count). The molecule has 174 valence electrons. The lowest BCUT2D eigenvalue weighted by Crippen LogP contribution is -2.32. The molecule has 0 aliphatic carbocycles. The monoisotopic (exact) mass is 508 g/mol. The zero-order chi connectivity index (χ0) is 24.1. The van der Waals surface area contributed by atoms with Crippen LogP contribution < -0.4 is 5.73 Å². The minimum absolute atomic E-state index is 0.131. The van der Waals surface area contributed by atoms with Gasteiger partial charge in [-0.2, -0.15) is 13.2 Å². The standard InChI is InChI=1S/C21H21Cl2F3N2O3S/c22-16-5-6-17(18(23)11-16)14-3-1-13(2-4-14)15(12-21(24,25)26)7-9-32(28,31)10-8-19(27)20(29)30/h1-7,11,19,28H,8-10,12,27H2,(H,29,30)/b15-7+/t19-,32?/m0/s1. The zero-order valence-corrected chi connectivity index (χ0v) is 19.0. The number of alkyl halides is 3. The summed E-state index contributed by atoms with van der Waals surface area (Å²) in [6, 6.07) is 9.82. The first-order chi connectivity index (χ1) is 14.8. The second kappa shape index (κ2) is 10.7. The molecule has 32 heavy (non-hydrogen) atoms. The molecule has 1 unspecified atom stereocenters. The number of hydrogen-bond donors (Lipinski definition) is 3. The topological polar surface area (TPSA) is 104 Å². The van der Waals surface area contributed by atoms with Gasteiger partial charge in [0.25, 0.3) is 0 Å². The maximum absolute atomic E-state index is 13.1. The van der Waals surface area contributed by atoms with Gasteiger partial charge in [0.15, 0.2) is 0 Å². The van der Waals surface area contributed by atoms with E-state index in [1.54, 1.807) is 30.3 Å². The number of carboxylic acid groups (broad SMARTS) is 1. The molecule has 0 radical (unpaired) electrons. The fraction of sp³-hybridized carbons (Fsp3) is 0.286. The highest BCUT2D eigenvalue weighted by Crippen LogP contribution is 2.34. The van der Waals surface area contributed by atoms with Crippen molar-refractivity contribution in [2.75, 3.05) is 11.5 Å². The molecule has 0 fully saturated rings. The molecule has 0 bridgehead atoms. The Balaban J connectivity index is 2.27. The SMILES string of the molecule is N=S(=O)(C/C=C(\CC(F)(F)F)c1ccc(-c2ccc(Cl)cc2Cl)cc1)CC[C@H](N)C(=O)O. The smallest absolute Gasteiger partial charge is 0.393 e. The minimum atomic E-state index is -4.52. The summed E-state index contributed by atoms with van der Waals surface area (Å²) in [5.41, 5.74) is 6.81. The Bertz CT molecular complexity index is 1100. The van der Waals surface area contributed by atoms with Crippen molar-refractivity contribution in [3.05, 3.63) is 64.1 Å². The van der Waals surface area contributed by atoms with Crippen LogP contribution in [0.25, 0.3) is 16.7 Å². The van der Waals surface area contributed by atoms with E-state index in [9.17, 15) is 22.2 Å². The number of benzene rings is 2. The van der Waals surface area contributed by atoms with Crippen LogP contribution in [0.1, 0.15) is 18.4 Å². The Morgan fingerprint density at radius 1 is 1.19 bits per heavy atom. The number of allylic oxidation sites excluding steroid dienone is 1. The van der Waals surface area contributed by atoms with E-state index < -0.39 is 40.1 Å². The van der Waals surface area contributed by atoms with E-state index in [1.807, 2.05) is 0 Å². The highest BCUT2D eigenvalue weighted by molar-refractivity contribution is 7.92. The summed E-state index contributed by atoms with van der Waals surface area (Å²) < 4.78 is 59.6. The molecule has 0 saturated heterocycles. The van der Waals surface area contributed by atoms with Crippen molar-refractivity contribution in [2.24, 2.45) is 5.73 Å². The number of aliphatic carboxylic acids is 1. The Hall–Kier alpha value is -2.07. The number of nitrogens with one attached hydrogen (secondary N) is 1. The number of rotatable bonds is 9. The van der Waals surface area contributed by atoms with Crippen LogP contribution in [0.4, 0.5) is 13.2 Å². The van der Waals surface area contributed by atoms with Gasteiger partial charge in [-0.15, -0.1) is 0 Å². The Labute approximate surface area is 194 Å². The lowest BCUT2D eigenvalue weighted by molar-refractivity contribution is -0.138. The van der Waals surface area contributed by atoms with Crippen LogP contribution in [0.3, 0.4) is 0 Å². The molecule has 0 heterocycles. The molecule has 4 N–H and O–H groups in total. The summed E-state index contributed by atoms with van der Waals surface area (Å²) in [5, 5.41) is 9.62. The second-order valence-corrected chi connectivity index (χ2v) is 10.3. The highest BCUT2D eigenvalue weighted by Gasteiger charge is 2.29. The summed E-state index contributed by atoms with van der Waals surface area (Å²) in [5.74, 6) is -2.07. The first-order valence-electron chi connectivity index (χ1n) is 9.31. The maximum atomic E-state index is 13.1. The number of carbonyl (C=O) groups is 1. The van der Waals surface area contributed by atoms with Gasteiger partial charge in [-0.1, -0.05) is 59.6 Å². The van der Waals surface area contributed by atoms with Gasteiger partial charge in [-0.25, -0.2) is 4.21 Å². The molecule has 2 aromatic carbocycles. The summed E-state index contributed by atoms with van der Waals surface area (Å²) in [4.78, 5) is 10.8. The summed E-state index contributed by atoms with van der Waals surface area (Å²) in [6.45, 7) is 0. The molecule has 0 spiro atoms. The molecule has 2 atom stereocenters. The van der Waals surface area contributed by atoms with Crippen molar-refractivity contribution in [3.63, 3.8) is 0 Å². The lowest BCUT2D eigenvalue weighted by atomic mass is 9.98. The second-order valence-electron chi connectivity index (χ2n) is 7.14. The summed E-state index contributed by atoms with van der Waals surface area (Å²) >= 11 is 12.1. The number of hydrogen-bond acceptors (Lipinski definition) is 4. The molecule has 0 amide bonds. The van der Waals surface area contributed by atoms with Gasteiger partial charge < -0.3 is 10.8 Å². The Morgan fingerprint density at radius 3 is 2.34 bits per heavy atom. The Kier molecular flexibility index (Phi) is 8.75. The van der Waals surface area contributed by atoms with E-state index in [0.29, 0.717) is 21.2 Å². The number of nitrogens with two attached hydrogens (primary N) is 1. The van der Waals surface area contributed by atoms with Gasteiger partial charge in [-0.05, 0) is 35.3 Å². The van der Waals surface area contributed by atoms with E-state index in [0.717, 1.165) is 6.08 Å². The summed E-state index contributed by atoms with van der Waals surface area (Å²) in [6.07, 6.45) is -4.87. The van der Waals surface area contributed by atoms with Crippen LogP contribution in [0.5, 0.6) is 0 Å². The van der Waals surface area contributed by atoms with E-state index in [1.165, 1.54) is 12.1 Å². The van der Waals surface area contributed by atoms with Crippen molar-refractivity contribution in [3.8, 4) is 11.1 Å². The van der Waals surface area contributed by atoms with Crippen LogP contribution in [-0.2, 0) is 14.5 Å². The highest BCUT2D eigenvalue weighted by atomic mass is 35.5. The van der Waals surface area contributed by atoms with E-state index in [4.69, 9.17) is 38.8 Å². The van der Waals surface area contributed by atoms with Gasteiger partial charge >= 0.3 is 12.1 Å². The van der Waals surface area contributed by atoms with Gasteiger partial charge in [0.1, 0.15) is 6.04 Å². The first kappa shape index (κ1) is 26.2. The van der Waals surface area contributed by atoms with Crippen molar-refractivity contribution >= 4 is 44.5 Å². The molecular weight excluding hydrogens is 488 g/mol. The van der Waals surface area contributed by atoms with Crippen LogP contribution >= 0.6 is 23.2 Å². The van der Waals surface area contributed by atoms with Crippen molar-refractivity contribution < 1.29 is 27.3 Å². The van der Waals surface area contributed by atoms with E-state index in [2.05, 4.69) is 0 Å². The average molecular weight is 509 g/mol. The lowest BCUT2D eigenvalue weighted by Gasteiger charge is -2.14. The van der Waals surface area contributed by atoms with Crippen LogP contribution in [0, 0.1) is 4.78 Å². The predicted octanol–water partition coefficient (Wildman–Crippen LogP) is 5.84. The zero-order valence-electron chi connectivity index (χ0n) is 16.7. The average Bonchev–Trinajstić information content (AvgIpc) is 2.69. The van der Waals surface area contributed by atoms with Gasteiger partial charge in [-0.3, -0.25) is 9.57 Å². The number of carboxylic acids is 1. The third kappa shape index (κ3) is 8.12. The fourth-order valence-electron chi connectivity index (χ4n) is 2.85. The third-order valence-corrected chi connectivity index (χ3v) is 6.71. The predicted molar refractivity (Wildman–Crippen MR) is 121 cm³/mol. The van der Waals surface area contributed by atoms with Crippen LogP contribution in [-0.4, -0.2) is 39.0 Å². The fourth-order valence-corrected chi connectivity index (χ4v) is 4.64. The Morgan fingerprint density at radius 2 is 1.81 bits per heavy atom. The molecule has 0 aliphatic heterocycles. The summed E-state index contributed by atoms with van der Waals surface area (Å²) in [7, 11) is -3.35. The molecule has 11 heteroatoms. The van der Waals surface area contributed by atoms with Gasteiger partial charge in [0.2, 0.25) is 0 Å². The number of halogens is 5. The van der Waals surface area contributed by atoms with Gasteiger partial charge in [0.05, 0.1) is 12.2 Å². The quantitative estimate of drug-likeness (QED) is 0.395. The van der Waals surface area contributed by atoms with Crippen molar-refractivity contribution in [1.82, 2.24) is 0 Å². The third-order valence-electron chi connectivity index (χ3n) is 4.56. The van der Waals surface area contributed by atoms with Crippen LogP contribution in [0.15, 0.2) is 48.5 Å². The van der Waals surface area contributed by atoms with E-state index in [-0.39, 0.29) is 23.3 Å². The van der Waals surface area contributed by atoms with E-state index >= 15 is 0 Å². The molecule has 0 aromatic heterocycles. The minimum Gasteiger partial charge on any atom is -0.480 e. The normalized spacial score (nSPS) is 15.2.